The van der Waals surface area contributed by atoms with Crippen molar-refractivity contribution in [2.45, 2.75) is 57.7 Å². The molecule has 1 aliphatic rings. The third kappa shape index (κ3) is 3.49. The van der Waals surface area contributed by atoms with Crippen LogP contribution in [0.15, 0.2) is 18.3 Å². The highest BCUT2D eigenvalue weighted by molar-refractivity contribution is 5.42. The van der Waals surface area contributed by atoms with E-state index in [2.05, 4.69) is 41.2 Å². The molecule has 1 aromatic rings. The average Bonchev–Trinajstić information content (AvgIpc) is 2.47. The monoisotopic (exact) mass is 277 g/mol. The molecule has 0 bridgehead atoms. The van der Waals surface area contributed by atoms with Crippen molar-refractivity contribution in [3.8, 4) is 0 Å². The lowest BCUT2D eigenvalue weighted by molar-refractivity contribution is 0.106. The maximum absolute atomic E-state index is 10.2. The first kappa shape index (κ1) is 15.3. The zero-order valence-corrected chi connectivity index (χ0v) is 12.8. The van der Waals surface area contributed by atoms with Crippen LogP contribution in [-0.2, 0) is 0 Å². The number of hydrogen-bond donors (Lipinski definition) is 2. The molecule has 1 heterocycles. The molecule has 1 aliphatic carbocycles. The van der Waals surface area contributed by atoms with Gasteiger partial charge in [0.2, 0.25) is 0 Å². The summed E-state index contributed by atoms with van der Waals surface area (Å²) in [5, 5.41) is 13.6. The third-order valence-corrected chi connectivity index (χ3v) is 4.33. The lowest BCUT2D eigenvalue weighted by atomic mass is 9.91. The summed E-state index contributed by atoms with van der Waals surface area (Å²) in [6, 6.07) is 4.71. The molecule has 0 spiro atoms. The molecule has 2 rings (SSSR count). The number of aliphatic hydroxyl groups excluding tert-OH is 1. The van der Waals surface area contributed by atoms with Gasteiger partial charge in [0.15, 0.2) is 0 Å². The number of hydrogen-bond acceptors (Lipinski definition) is 4. The number of pyridine rings is 1. The molecule has 0 saturated heterocycles. The Kier molecular flexibility index (Phi) is 5.38. The van der Waals surface area contributed by atoms with Crippen LogP contribution in [0.3, 0.4) is 0 Å². The number of nitrogens with zero attached hydrogens (tertiary/aromatic N) is 2. The van der Waals surface area contributed by atoms with Gasteiger partial charge in [-0.1, -0.05) is 19.8 Å². The molecule has 2 N–H and O–H groups in total. The highest BCUT2D eigenvalue weighted by Crippen LogP contribution is 2.26. The Balaban J connectivity index is 2.13. The Bertz CT molecular complexity index is 424. The molecule has 20 heavy (non-hydrogen) atoms. The van der Waals surface area contributed by atoms with Crippen LogP contribution >= 0.6 is 0 Å². The van der Waals surface area contributed by atoms with Crippen molar-refractivity contribution in [1.29, 1.82) is 0 Å². The van der Waals surface area contributed by atoms with Gasteiger partial charge >= 0.3 is 0 Å². The van der Waals surface area contributed by atoms with E-state index in [1.165, 1.54) is 12.0 Å². The van der Waals surface area contributed by atoms with Gasteiger partial charge < -0.3 is 15.3 Å². The molecule has 0 aliphatic heterocycles. The Morgan fingerprint density at radius 1 is 1.45 bits per heavy atom. The number of nitrogens with one attached hydrogen (secondary N) is 1. The van der Waals surface area contributed by atoms with Gasteiger partial charge in [-0.15, -0.1) is 0 Å². The molecule has 112 valence electrons. The predicted octanol–water partition coefficient (Wildman–Crippen LogP) is 2.49. The first-order valence-electron chi connectivity index (χ1n) is 7.73. The quantitative estimate of drug-likeness (QED) is 0.868. The van der Waals surface area contributed by atoms with E-state index in [1.54, 1.807) is 0 Å². The molecule has 4 heteroatoms. The molecule has 0 aromatic carbocycles. The van der Waals surface area contributed by atoms with Gasteiger partial charge in [0.1, 0.15) is 5.82 Å². The predicted molar refractivity (Wildman–Crippen MR) is 83.0 cm³/mol. The molecule has 1 aromatic heterocycles. The maximum Gasteiger partial charge on any atom is 0.128 e. The molecular weight excluding hydrogens is 250 g/mol. The summed E-state index contributed by atoms with van der Waals surface area (Å²) in [7, 11) is 2.04. The van der Waals surface area contributed by atoms with Crippen molar-refractivity contribution in [2.24, 2.45) is 0 Å². The molecule has 0 amide bonds. The van der Waals surface area contributed by atoms with Crippen molar-refractivity contribution in [3.05, 3.63) is 23.9 Å². The molecule has 0 radical (unpaired) electrons. The van der Waals surface area contributed by atoms with E-state index in [0.29, 0.717) is 6.04 Å². The van der Waals surface area contributed by atoms with Gasteiger partial charge in [0, 0.05) is 19.3 Å². The second-order valence-electron chi connectivity index (χ2n) is 5.76. The molecule has 1 saturated carbocycles. The molecule has 4 nitrogen and oxygen atoms in total. The average molecular weight is 277 g/mol. The third-order valence-electron chi connectivity index (χ3n) is 4.33. The maximum atomic E-state index is 10.2. The summed E-state index contributed by atoms with van der Waals surface area (Å²) in [6.07, 6.45) is 5.92. The van der Waals surface area contributed by atoms with Crippen LogP contribution < -0.4 is 10.2 Å². The fourth-order valence-corrected chi connectivity index (χ4v) is 3.03. The first-order valence-corrected chi connectivity index (χ1v) is 7.73. The Labute approximate surface area is 122 Å². The Morgan fingerprint density at radius 2 is 2.20 bits per heavy atom. The van der Waals surface area contributed by atoms with Crippen molar-refractivity contribution < 1.29 is 5.11 Å². The zero-order valence-electron chi connectivity index (χ0n) is 12.8. The van der Waals surface area contributed by atoms with Crippen LogP contribution in [0.5, 0.6) is 0 Å². The van der Waals surface area contributed by atoms with E-state index in [0.717, 1.165) is 31.6 Å². The summed E-state index contributed by atoms with van der Waals surface area (Å²) in [5.74, 6) is 0.957. The second-order valence-corrected chi connectivity index (χ2v) is 5.76. The van der Waals surface area contributed by atoms with Crippen molar-refractivity contribution >= 4 is 5.82 Å². The number of likely N-dealkylation sites (N-methyl/N-ethyl adjacent to an activating group) is 1. The number of aromatic nitrogens is 1. The summed E-state index contributed by atoms with van der Waals surface area (Å²) in [6.45, 7) is 5.23. The minimum atomic E-state index is -0.231. The van der Waals surface area contributed by atoms with E-state index in [9.17, 15) is 5.11 Å². The van der Waals surface area contributed by atoms with Crippen LogP contribution in [0.4, 0.5) is 5.82 Å². The van der Waals surface area contributed by atoms with Gasteiger partial charge in [-0.25, -0.2) is 4.98 Å². The standard InChI is InChI=1S/C16H27N3O/c1-4-17-12(2)13-9-10-18-16(11-13)19(3)14-7-5-6-8-15(14)20/h9-12,14-15,17,20H,4-8H2,1-3H3. The van der Waals surface area contributed by atoms with E-state index < -0.39 is 0 Å². The smallest absolute Gasteiger partial charge is 0.128 e. The number of aliphatic hydroxyl groups is 1. The van der Waals surface area contributed by atoms with Crippen molar-refractivity contribution in [1.82, 2.24) is 10.3 Å². The van der Waals surface area contributed by atoms with Crippen LogP contribution in [0.2, 0.25) is 0 Å². The van der Waals surface area contributed by atoms with Gasteiger partial charge in [-0.2, -0.15) is 0 Å². The van der Waals surface area contributed by atoms with Gasteiger partial charge in [-0.3, -0.25) is 0 Å². The number of rotatable bonds is 5. The minimum Gasteiger partial charge on any atom is -0.391 e. The largest absolute Gasteiger partial charge is 0.391 e. The van der Waals surface area contributed by atoms with E-state index in [4.69, 9.17) is 0 Å². The molecular formula is C16H27N3O. The second kappa shape index (κ2) is 7.04. The molecule has 1 fully saturated rings. The summed E-state index contributed by atoms with van der Waals surface area (Å²) in [5.41, 5.74) is 1.24. The topological polar surface area (TPSA) is 48.4 Å². The summed E-state index contributed by atoms with van der Waals surface area (Å²) >= 11 is 0. The van der Waals surface area contributed by atoms with E-state index in [-0.39, 0.29) is 12.1 Å². The molecule has 3 unspecified atom stereocenters. The lowest BCUT2D eigenvalue weighted by Crippen LogP contribution is -2.43. The zero-order chi connectivity index (χ0) is 14.5. The van der Waals surface area contributed by atoms with Crippen molar-refractivity contribution in [3.63, 3.8) is 0 Å². The Hall–Kier alpha value is -1.13. The van der Waals surface area contributed by atoms with Crippen LogP contribution in [0.1, 0.15) is 51.1 Å². The fraction of sp³-hybridized carbons (Fsp3) is 0.688. The minimum absolute atomic E-state index is 0.195. The highest BCUT2D eigenvalue weighted by Gasteiger charge is 2.27. The van der Waals surface area contributed by atoms with Crippen molar-refractivity contribution in [2.75, 3.05) is 18.5 Å². The Morgan fingerprint density at radius 3 is 2.90 bits per heavy atom. The van der Waals surface area contributed by atoms with Crippen LogP contribution in [0, 0.1) is 0 Å². The van der Waals surface area contributed by atoms with Gasteiger partial charge in [-0.05, 0) is 44.0 Å². The normalized spacial score (nSPS) is 24.4. The van der Waals surface area contributed by atoms with Gasteiger partial charge in [0.25, 0.3) is 0 Å². The first-order chi connectivity index (χ1) is 9.63. The van der Waals surface area contributed by atoms with Crippen LogP contribution in [0.25, 0.3) is 0 Å². The van der Waals surface area contributed by atoms with E-state index in [1.807, 2.05) is 13.2 Å². The summed E-state index contributed by atoms with van der Waals surface area (Å²) < 4.78 is 0. The number of anilines is 1. The SMILES string of the molecule is CCNC(C)c1ccnc(N(C)C2CCCCC2O)c1. The fourth-order valence-electron chi connectivity index (χ4n) is 3.03. The molecule has 3 atom stereocenters. The van der Waals surface area contributed by atoms with Gasteiger partial charge in [0.05, 0.1) is 12.1 Å². The van der Waals surface area contributed by atoms with E-state index >= 15 is 0 Å². The highest BCUT2D eigenvalue weighted by atomic mass is 16.3. The van der Waals surface area contributed by atoms with Crippen LogP contribution in [-0.4, -0.2) is 35.8 Å². The summed E-state index contributed by atoms with van der Waals surface area (Å²) in [4.78, 5) is 6.62. The lowest BCUT2D eigenvalue weighted by Gasteiger charge is -2.36.